The molecule has 0 saturated carbocycles. The molecule has 0 aliphatic heterocycles. The van der Waals surface area contributed by atoms with Crippen LogP contribution in [0.5, 0.6) is 11.5 Å². The van der Waals surface area contributed by atoms with Gasteiger partial charge >= 0.3 is 12.2 Å². The van der Waals surface area contributed by atoms with Crippen LogP contribution in [0.15, 0.2) is 90.0 Å². The van der Waals surface area contributed by atoms with Gasteiger partial charge in [-0.3, -0.25) is 4.79 Å². The van der Waals surface area contributed by atoms with Gasteiger partial charge in [-0.25, -0.2) is 5.43 Å². The van der Waals surface area contributed by atoms with E-state index < -0.39 is 12.2 Å². The summed E-state index contributed by atoms with van der Waals surface area (Å²) < 4.78 is 11.3. The van der Waals surface area contributed by atoms with Crippen molar-refractivity contribution in [2.24, 2.45) is 5.10 Å². The van der Waals surface area contributed by atoms with Gasteiger partial charge < -0.3 is 9.47 Å². The first-order valence-electron chi connectivity index (χ1n) is 8.22. The van der Waals surface area contributed by atoms with E-state index in [0.717, 1.165) is 5.56 Å². The number of nitrogens with one attached hydrogen (secondary N) is 1. The summed E-state index contributed by atoms with van der Waals surface area (Å²) in [4.78, 5) is 12.5. The van der Waals surface area contributed by atoms with Gasteiger partial charge in [0.05, 0.1) is 6.21 Å². The zero-order chi connectivity index (χ0) is 18.9. The second-order valence-corrected chi connectivity index (χ2v) is 5.92. The number of nitrogens with zero attached hydrogens (tertiary/aromatic N) is 1. The van der Waals surface area contributed by atoms with E-state index in [1.54, 1.807) is 48.5 Å². The molecule has 0 atom stereocenters. The molecule has 6 heteroatoms. The Kier molecular flexibility index (Phi) is 6.44. The zero-order valence-electron chi connectivity index (χ0n) is 14.3. The lowest BCUT2D eigenvalue weighted by atomic mass is 10.2. The van der Waals surface area contributed by atoms with Crippen LogP contribution < -0.4 is 14.9 Å². The van der Waals surface area contributed by atoms with E-state index in [-0.39, 0.29) is 0 Å². The normalized spacial score (nSPS) is 10.7. The lowest BCUT2D eigenvalue weighted by molar-refractivity contribution is -0.140. The van der Waals surface area contributed by atoms with Crippen LogP contribution in [0, 0.1) is 0 Å². The summed E-state index contributed by atoms with van der Waals surface area (Å²) >= 11 is 5.84. The lowest BCUT2D eigenvalue weighted by Gasteiger charge is -2.18. The Bertz CT molecular complexity index is 843. The van der Waals surface area contributed by atoms with Crippen LogP contribution in [0.25, 0.3) is 0 Å². The number of rotatable bonds is 7. The first-order valence-corrected chi connectivity index (χ1v) is 8.60. The van der Waals surface area contributed by atoms with Crippen molar-refractivity contribution < 1.29 is 14.3 Å². The highest BCUT2D eigenvalue weighted by atomic mass is 35.5. The molecule has 0 fully saturated rings. The molecule has 0 heterocycles. The topological polar surface area (TPSA) is 59.9 Å². The van der Waals surface area contributed by atoms with Crippen molar-refractivity contribution in [2.45, 2.75) is 6.29 Å². The maximum Gasteiger partial charge on any atom is 0.323 e. The molecular weight excluding hydrogens is 364 g/mol. The van der Waals surface area contributed by atoms with Gasteiger partial charge in [0.1, 0.15) is 11.5 Å². The molecule has 0 bridgehead atoms. The van der Waals surface area contributed by atoms with E-state index in [2.05, 4.69) is 10.5 Å². The SMILES string of the molecule is O=C(N/N=C\c1ccc(Cl)cc1)C(Oc1ccccc1)Oc1ccccc1. The molecule has 136 valence electrons. The summed E-state index contributed by atoms with van der Waals surface area (Å²) in [5.74, 6) is 0.485. The average Bonchev–Trinajstić information content (AvgIpc) is 2.70. The van der Waals surface area contributed by atoms with E-state index in [0.29, 0.717) is 16.5 Å². The third kappa shape index (κ3) is 5.87. The largest absolute Gasteiger partial charge is 0.446 e. The fraction of sp³-hybridized carbons (Fsp3) is 0.0476. The molecule has 0 saturated heterocycles. The van der Waals surface area contributed by atoms with Gasteiger partial charge in [-0.2, -0.15) is 5.10 Å². The van der Waals surface area contributed by atoms with Gasteiger partial charge in [0, 0.05) is 5.02 Å². The third-order valence-electron chi connectivity index (χ3n) is 3.45. The van der Waals surface area contributed by atoms with Crippen molar-refractivity contribution in [2.75, 3.05) is 0 Å². The molecule has 1 N–H and O–H groups in total. The van der Waals surface area contributed by atoms with Gasteiger partial charge in [-0.05, 0) is 42.0 Å². The highest BCUT2D eigenvalue weighted by Crippen LogP contribution is 2.16. The van der Waals surface area contributed by atoms with Crippen LogP contribution in [-0.4, -0.2) is 18.4 Å². The molecule has 0 aliphatic carbocycles. The molecule has 0 aromatic heterocycles. The molecule has 0 unspecified atom stereocenters. The number of hydrogen-bond donors (Lipinski definition) is 1. The molecular formula is C21H17ClN2O3. The zero-order valence-corrected chi connectivity index (χ0v) is 15.0. The molecule has 5 nitrogen and oxygen atoms in total. The van der Waals surface area contributed by atoms with Gasteiger partial charge in [0.25, 0.3) is 0 Å². The molecule has 0 aliphatic rings. The van der Waals surface area contributed by atoms with Gasteiger partial charge in [-0.15, -0.1) is 0 Å². The number of carbonyl (C=O) groups is 1. The lowest BCUT2D eigenvalue weighted by Crippen LogP contribution is -2.40. The van der Waals surface area contributed by atoms with Crippen molar-refractivity contribution in [3.05, 3.63) is 95.5 Å². The maximum absolute atomic E-state index is 12.5. The van der Waals surface area contributed by atoms with Crippen LogP contribution >= 0.6 is 11.6 Å². The second-order valence-electron chi connectivity index (χ2n) is 5.48. The summed E-state index contributed by atoms with van der Waals surface area (Å²) in [5.41, 5.74) is 3.23. The quantitative estimate of drug-likeness (QED) is 0.378. The second kappa shape index (κ2) is 9.40. The molecule has 3 rings (SSSR count). The Balaban J connectivity index is 1.68. The van der Waals surface area contributed by atoms with E-state index in [1.807, 2.05) is 36.4 Å². The van der Waals surface area contributed by atoms with Crippen molar-refractivity contribution in [3.8, 4) is 11.5 Å². The monoisotopic (exact) mass is 380 g/mol. The molecule has 3 aromatic carbocycles. The molecule has 27 heavy (non-hydrogen) atoms. The number of ether oxygens (including phenoxy) is 2. The van der Waals surface area contributed by atoms with Gasteiger partial charge in [0.15, 0.2) is 0 Å². The summed E-state index contributed by atoms with van der Waals surface area (Å²) in [6.45, 7) is 0. The number of carbonyl (C=O) groups excluding carboxylic acids is 1. The van der Waals surface area contributed by atoms with Crippen molar-refractivity contribution in [1.82, 2.24) is 5.43 Å². The number of hydrogen-bond acceptors (Lipinski definition) is 4. The van der Waals surface area contributed by atoms with E-state index in [4.69, 9.17) is 21.1 Å². The van der Waals surface area contributed by atoms with E-state index in [9.17, 15) is 4.79 Å². The summed E-state index contributed by atoms with van der Waals surface area (Å²) in [5, 5.41) is 4.58. The van der Waals surface area contributed by atoms with Crippen LogP contribution in [-0.2, 0) is 4.79 Å². The fourth-order valence-electron chi connectivity index (χ4n) is 2.15. The van der Waals surface area contributed by atoms with Crippen LogP contribution in [0.3, 0.4) is 0 Å². The highest BCUT2D eigenvalue weighted by molar-refractivity contribution is 6.30. The van der Waals surface area contributed by atoms with Gasteiger partial charge in [-0.1, -0.05) is 60.1 Å². The fourth-order valence-corrected chi connectivity index (χ4v) is 2.27. The Morgan fingerprint density at radius 2 is 1.37 bits per heavy atom. The summed E-state index contributed by atoms with van der Waals surface area (Å²) in [7, 11) is 0. The average molecular weight is 381 g/mol. The Hall–Kier alpha value is -3.31. The highest BCUT2D eigenvalue weighted by Gasteiger charge is 2.22. The number of benzene rings is 3. The Morgan fingerprint density at radius 1 is 0.852 bits per heavy atom. The summed E-state index contributed by atoms with van der Waals surface area (Å²) in [6.07, 6.45) is 0.313. The van der Waals surface area contributed by atoms with Gasteiger partial charge in [0.2, 0.25) is 0 Å². The minimum Gasteiger partial charge on any atom is -0.446 e. The molecule has 0 radical (unpaired) electrons. The first-order chi connectivity index (χ1) is 13.2. The number of amides is 1. The molecule has 1 amide bonds. The number of halogens is 1. The standard InChI is InChI=1S/C21H17ClN2O3/c22-17-13-11-16(12-14-17)15-23-24-20(25)21(26-18-7-3-1-4-8-18)27-19-9-5-2-6-10-19/h1-15,21H,(H,24,25)/b23-15-. The van der Waals surface area contributed by atoms with Crippen molar-refractivity contribution in [1.29, 1.82) is 0 Å². The number of para-hydroxylation sites is 2. The smallest absolute Gasteiger partial charge is 0.323 e. The van der Waals surface area contributed by atoms with Crippen LogP contribution in [0.4, 0.5) is 0 Å². The predicted octanol–water partition coefficient (Wildman–Crippen LogP) is 4.27. The molecule has 0 spiro atoms. The number of hydrazone groups is 1. The van der Waals surface area contributed by atoms with Crippen molar-refractivity contribution >= 4 is 23.7 Å². The third-order valence-corrected chi connectivity index (χ3v) is 3.70. The van der Waals surface area contributed by atoms with E-state index >= 15 is 0 Å². The van der Waals surface area contributed by atoms with Crippen LogP contribution in [0.1, 0.15) is 5.56 Å². The maximum atomic E-state index is 12.5. The Morgan fingerprint density at radius 3 is 1.89 bits per heavy atom. The van der Waals surface area contributed by atoms with E-state index in [1.165, 1.54) is 6.21 Å². The Labute approximate surface area is 162 Å². The van der Waals surface area contributed by atoms with Crippen LogP contribution in [0.2, 0.25) is 5.02 Å². The predicted molar refractivity (Wildman–Crippen MR) is 105 cm³/mol. The van der Waals surface area contributed by atoms with Crippen molar-refractivity contribution in [3.63, 3.8) is 0 Å². The molecule has 3 aromatic rings. The first kappa shape index (κ1) is 18.5. The summed E-state index contributed by atoms with van der Waals surface area (Å²) in [6, 6.07) is 25.0. The minimum atomic E-state index is -1.20. The minimum absolute atomic E-state index is 0.510.